The summed E-state index contributed by atoms with van der Waals surface area (Å²) in [4.78, 5) is 20.3. The molecule has 3 nitrogen and oxygen atoms in total. The molecule has 90 valence electrons. The van der Waals surface area contributed by atoms with E-state index >= 15 is 0 Å². The Morgan fingerprint density at radius 3 is 2.89 bits per heavy atom. The lowest BCUT2D eigenvalue weighted by molar-refractivity contribution is 0.107. The molecule has 0 N–H and O–H groups in total. The van der Waals surface area contributed by atoms with Crippen molar-refractivity contribution < 1.29 is 4.79 Å². The van der Waals surface area contributed by atoms with Gasteiger partial charge in [0.1, 0.15) is 10.7 Å². The molecule has 0 amide bonds. The van der Waals surface area contributed by atoms with E-state index in [1.54, 1.807) is 17.6 Å². The second kappa shape index (κ2) is 4.59. The average molecular weight is 315 g/mol. The summed E-state index contributed by atoms with van der Waals surface area (Å²) in [5.41, 5.74) is 1.10. The van der Waals surface area contributed by atoms with E-state index in [0.717, 1.165) is 20.1 Å². The van der Waals surface area contributed by atoms with Gasteiger partial charge in [-0.05, 0) is 23.7 Å². The van der Waals surface area contributed by atoms with E-state index in [4.69, 9.17) is 23.2 Å². The van der Waals surface area contributed by atoms with Crippen LogP contribution in [0.25, 0.3) is 20.1 Å². The van der Waals surface area contributed by atoms with Gasteiger partial charge in [0.05, 0.1) is 20.1 Å². The molecule has 0 aliphatic rings. The van der Waals surface area contributed by atoms with Crippen LogP contribution in [0.2, 0.25) is 5.02 Å². The normalized spacial score (nSPS) is 11.0. The van der Waals surface area contributed by atoms with Gasteiger partial charge in [0.2, 0.25) is 0 Å². The molecule has 0 aliphatic carbocycles. The zero-order valence-corrected chi connectivity index (χ0v) is 11.8. The van der Waals surface area contributed by atoms with Crippen LogP contribution >= 0.6 is 45.9 Å². The topological polar surface area (TPSA) is 42.9 Å². The number of rotatable bonds is 2. The number of nitrogens with zero attached hydrogens (tertiary/aromatic N) is 2. The number of fused-ring (bicyclic) bond motifs is 1. The number of aromatic nitrogens is 2. The average Bonchev–Trinajstić information content (AvgIpc) is 2.95. The zero-order chi connectivity index (χ0) is 12.7. The Kier molecular flexibility index (Phi) is 3.07. The Bertz CT molecular complexity index is 750. The van der Waals surface area contributed by atoms with Gasteiger partial charge in [-0.2, -0.15) is 0 Å². The van der Waals surface area contributed by atoms with Crippen LogP contribution in [-0.4, -0.2) is 15.2 Å². The van der Waals surface area contributed by atoms with E-state index in [9.17, 15) is 4.79 Å². The van der Waals surface area contributed by atoms with E-state index in [0.29, 0.717) is 5.02 Å². The molecule has 3 aromatic rings. The minimum Gasteiger partial charge on any atom is -0.274 e. The summed E-state index contributed by atoms with van der Waals surface area (Å²) in [6.45, 7) is 0. The lowest BCUT2D eigenvalue weighted by atomic mass is 10.4. The third-order valence-corrected chi connectivity index (χ3v) is 5.07. The Labute approximate surface area is 120 Å². The van der Waals surface area contributed by atoms with Crippen molar-refractivity contribution in [2.75, 3.05) is 0 Å². The fourth-order valence-electron chi connectivity index (χ4n) is 1.49. The molecule has 0 saturated carbocycles. The number of thiazole rings is 1. The molecule has 0 unspecified atom stereocenters. The first kappa shape index (κ1) is 12.0. The second-order valence-corrected chi connectivity index (χ2v) is 6.09. The zero-order valence-electron chi connectivity index (χ0n) is 8.68. The molecule has 0 aromatic carbocycles. The third-order valence-electron chi connectivity index (χ3n) is 2.28. The Hall–Kier alpha value is -1.01. The van der Waals surface area contributed by atoms with Gasteiger partial charge in [0, 0.05) is 11.6 Å². The number of carbonyl (C=O) groups excluding carboxylic acids is 1. The van der Waals surface area contributed by atoms with Gasteiger partial charge < -0.3 is 0 Å². The van der Waals surface area contributed by atoms with Gasteiger partial charge in [-0.25, -0.2) is 4.98 Å². The van der Waals surface area contributed by atoms with Crippen molar-refractivity contribution in [3.8, 4) is 9.88 Å². The Morgan fingerprint density at radius 1 is 1.39 bits per heavy atom. The smallest absolute Gasteiger partial charge is 0.271 e. The van der Waals surface area contributed by atoms with Gasteiger partial charge in [0.15, 0.2) is 0 Å². The predicted octanol–water partition coefficient (Wildman–Crippen LogP) is 4.45. The Balaban J connectivity index is 2.13. The molecular weight excluding hydrogens is 311 g/mol. The van der Waals surface area contributed by atoms with Crippen molar-refractivity contribution in [1.29, 1.82) is 0 Å². The maximum Gasteiger partial charge on any atom is 0.271 e. The summed E-state index contributed by atoms with van der Waals surface area (Å²) in [6.07, 6.45) is 1.66. The van der Waals surface area contributed by atoms with Crippen molar-refractivity contribution in [2.24, 2.45) is 0 Å². The molecular formula is C11H4Cl2N2OS2. The van der Waals surface area contributed by atoms with E-state index in [2.05, 4.69) is 9.97 Å². The van der Waals surface area contributed by atoms with Gasteiger partial charge >= 0.3 is 0 Å². The molecule has 18 heavy (non-hydrogen) atoms. The second-order valence-electron chi connectivity index (χ2n) is 3.43. The predicted molar refractivity (Wildman–Crippen MR) is 75.9 cm³/mol. The highest BCUT2D eigenvalue weighted by molar-refractivity contribution is 7.26. The minimum absolute atomic E-state index is 0.271. The molecule has 0 fully saturated rings. The standard InChI is InChI=1S/C11H4Cl2N2OS2/c12-5-1-2-14-6-3-8(18-9(5)6)11-15-7(4-17-11)10(13)16/h1-4H. The highest BCUT2D eigenvalue weighted by atomic mass is 35.5. The van der Waals surface area contributed by atoms with Crippen LogP contribution in [0, 0.1) is 0 Å². The summed E-state index contributed by atoms with van der Waals surface area (Å²) < 4.78 is 0.920. The molecule has 3 aromatic heterocycles. The third kappa shape index (κ3) is 2.03. The largest absolute Gasteiger partial charge is 0.274 e. The van der Waals surface area contributed by atoms with Gasteiger partial charge in [-0.3, -0.25) is 9.78 Å². The molecule has 0 aliphatic heterocycles. The van der Waals surface area contributed by atoms with Crippen LogP contribution < -0.4 is 0 Å². The first-order valence-corrected chi connectivity index (χ1v) is 7.30. The van der Waals surface area contributed by atoms with E-state index in [1.165, 1.54) is 22.7 Å². The number of carbonyl (C=O) groups is 1. The molecule has 0 spiro atoms. The number of halogens is 2. The Morgan fingerprint density at radius 2 is 2.22 bits per heavy atom. The van der Waals surface area contributed by atoms with E-state index in [1.807, 2.05) is 6.07 Å². The fraction of sp³-hybridized carbons (Fsp3) is 0. The number of thiophene rings is 1. The fourth-order valence-corrected chi connectivity index (χ4v) is 3.80. The van der Waals surface area contributed by atoms with Crippen LogP contribution in [0.15, 0.2) is 23.7 Å². The summed E-state index contributed by atoms with van der Waals surface area (Å²) in [6, 6.07) is 3.66. The maximum atomic E-state index is 11.0. The molecule has 0 atom stereocenters. The highest BCUT2D eigenvalue weighted by Gasteiger charge is 2.13. The van der Waals surface area contributed by atoms with Crippen LogP contribution in [-0.2, 0) is 0 Å². The molecule has 0 saturated heterocycles. The number of hydrogen-bond acceptors (Lipinski definition) is 5. The van der Waals surface area contributed by atoms with Crippen LogP contribution in [0.1, 0.15) is 10.5 Å². The van der Waals surface area contributed by atoms with Gasteiger partial charge in [0.25, 0.3) is 5.24 Å². The molecule has 3 rings (SSSR count). The summed E-state index contributed by atoms with van der Waals surface area (Å²) in [5, 5.41) is 2.51. The first-order chi connectivity index (χ1) is 8.65. The van der Waals surface area contributed by atoms with Crippen LogP contribution in [0.5, 0.6) is 0 Å². The van der Waals surface area contributed by atoms with Crippen molar-refractivity contribution >= 4 is 61.3 Å². The monoisotopic (exact) mass is 314 g/mol. The van der Waals surface area contributed by atoms with Crippen molar-refractivity contribution in [3.63, 3.8) is 0 Å². The lowest BCUT2D eigenvalue weighted by Gasteiger charge is -1.88. The summed E-state index contributed by atoms with van der Waals surface area (Å²) >= 11 is 14.4. The first-order valence-electron chi connectivity index (χ1n) is 4.85. The number of hydrogen-bond donors (Lipinski definition) is 0. The minimum atomic E-state index is -0.547. The lowest BCUT2D eigenvalue weighted by Crippen LogP contribution is -1.87. The summed E-state index contributed by atoms with van der Waals surface area (Å²) in [5.74, 6) is 0. The molecule has 3 heterocycles. The van der Waals surface area contributed by atoms with Crippen LogP contribution in [0.3, 0.4) is 0 Å². The van der Waals surface area contributed by atoms with Crippen molar-refractivity contribution in [2.45, 2.75) is 0 Å². The van der Waals surface area contributed by atoms with E-state index in [-0.39, 0.29) is 5.69 Å². The number of pyridine rings is 1. The van der Waals surface area contributed by atoms with Crippen LogP contribution in [0.4, 0.5) is 0 Å². The maximum absolute atomic E-state index is 11.0. The SMILES string of the molecule is O=C(Cl)c1csc(-c2cc3nccc(Cl)c3s2)n1. The van der Waals surface area contributed by atoms with Crippen molar-refractivity contribution in [1.82, 2.24) is 9.97 Å². The van der Waals surface area contributed by atoms with Gasteiger partial charge in [-0.1, -0.05) is 11.6 Å². The van der Waals surface area contributed by atoms with Crippen molar-refractivity contribution in [3.05, 3.63) is 34.4 Å². The molecule has 0 radical (unpaired) electrons. The molecule has 7 heteroatoms. The van der Waals surface area contributed by atoms with Gasteiger partial charge in [-0.15, -0.1) is 22.7 Å². The highest BCUT2D eigenvalue weighted by Crippen LogP contribution is 2.37. The van der Waals surface area contributed by atoms with E-state index < -0.39 is 5.24 Å². The quantitative estimate of drug-likeness (QED) is 0.656. The summed E-state index contributed by atoms with van der Waals surface area (Å²) in [7, 11) is 0. The molecule has 0 bridgehead atoms.